The van der Waals surface area contributed by atoms with Gasteiger partial charge < -0.3 is 9.47 Å². The maximum Gasteiger partial charge on any atom is 0.127 e. The SMILES string of the molecule is CC1Oc2ccccc2C=C1C=NN=CC1=Cc2ccccc2OC1C. The van der Waals surface area contributed by atoms with Crippen molar-refractivity contribution in [2.45, 2.75) is 26.1 Å². The molecule has 2 aromatic carbocycles. The largest absolute Gasteiger partial charge is 0.485 e. The molecule has 0 spiro atoms. The molecule has 0 N–H and O–H groups in total. The monoisotopic (exact) mass is 344 g/mol. The van der Waals surface area contributed by atoms with Crippen molar-refractivity contribution in [2.24, 2.45) is 10.2 Å². The minimum absolute atomic E-state index is 0.0492. The minimum atomic E-state index is -0.0492. The van der Waals surface area contributed by atoms with Crippen molar-refractivity contribution in [2.75, 3.05) is 0 Å². The van der Waals surface area contributed by atoms with E-state index in [1.807, 2.05) is 62.4 Å². The Morgan fingerprint density at radius 3 is 1.58 bits per heavy atom. The van der Waals surface area contributed by atoms with E-state index in [9.17, 15) is 0 Å². The molecule has 0 saturated carbocycles. The summed E-state index contributed by atoms with van der Waals surface area (Å²) in [5, 5.41) is 8.41. The highest BCUT2D eigenvalue weighted by molar-refractivity contribution is 5.91. The molecule has 2 aliphatic rings. The van der Waals surface area contributed by atoms with Gasteiger partial charge in [-0.3, -0.25) is 0 Å². The molecule has 0 amide bonds. The number of benzene rings is 2. The van der Waals surface area contributed by atoms with E-state index >= 15 is 0 Å². The maximum atomic E-state index is 5.90. The van der Waals surface area contributed by atoms with Crippen molar-refractivity contribution in [1.29, 1.82) is 0 Å². The Morgan fingerprint density at radius 1 is 0.692 bits per heavy atom. The summed E-state index contributed by atoms with van der Waals surface area (Å²) in [5.74, 6) is 1.80. The number of fused-ring (bicyclic) bond motifs is 2. The number of rotatable bonds is 3. The quantitative estimate of drug-likeness (QED) is 0.594. The van der Waals surface area contributed by atoms with E-state index in [2.05, 4.69) is 22.4 Å². The lowest BCUT2D eigenvalue weighted by Gasteiger charge is -2.22. The zero-order valence-electron chi connectivity index (χ0n) is 14.8. The van der Waals surface area contributed by atoms with Gasteiger partial charge in [0.1, 0.15) is 23.7 Å². The second-order valence-electron chi connectivity index (χ2n) is 6.37. The molecule has 2 heterocycles. The van der Waals surface area contributed by atoms with Gasteiger partial charge in [0.25, 0.3) is 0 Å². The van der Waals surface area contributed by atoms with E-state index in [1.165, 1.54) is 0 Å². The summed E-state index contributed by atoms with van der Waals surface area (Å²) in [6, 6.07) is 16.0. The van der Waals surface area contributed by atoms with Crippen LogP contribution in [0.1, 0.15) is 25.0 Å². The third-order valence-corrected chi connectivity index (χ3v) is 4.51. The molecule has 0 aromatic heterocycles. The van der Waals surface area contributed by atoms with Gasteiger partial charge >= 0.3 is 0 Å². The predicted octanol–water partition coefficient (Wildman–Crippen LogP) is 4.77. The topological polar surface area (TPSA) is 43.2 Å². The normalized spacial score (nSPS) is 21.5. The molecule has 2 aliphatic heterocycles. The Bertz CT molecular complexity index is 863. The number of nitrogens with zero attached hydrogens (tertiary/aromatic N) is 2. The molecule has 4 nitrogen and oxygen atoms in total. The van der Waals surface area contributed by atoms with Gasteiger partial charge in [-0.15, -0.1) is 0 Å². The van der Waals surface area contributed by atoms with Crippen molar-refractivity contribution < 1.29 is 9.47 Å². The smallest absolute Gasteiger partial charge is 0.127 e. The van der Waals surface area contributed by atoms with Gasteiger partial charge in [0.2, 0.25) is 0 Å². The number of para-hydroxylation sites is 2. The Labute approximate surface area is 153 Å². The third-order valence-electron chi connectivity index (χ3n) is 4.51. The summed E-state index contributed by atoms with van der Waals surface area (Å²) in [5.41, 5.74) is 4.11. The lowest BCUT2D eigenvalue weighted by molar-refractivity contribution is 0.260. The van der Waals surface area contributed by atoms with Crippen LogP contribution in [-0.2, 0) is 0 Å². The van der Waals surface area contributed by atoms with Crippen LogP contribution < -0.4 is 9.47 Å². The van der Waals surface area contributed by atoms with Crippen LogP contribution in [0.15, 0.2) is 69.9 Å². The fourth-order valence-electron chi connectivity index (χ4n) is 3.01. The highest BCUT2D eigenvalue weighted by Gasteiger charge is 2.18. The molecule has 2 aromatic rings. The van der Waals surface area contributed by atoms with Crippen LogP contribution in [0, 0.1) is 0 Å². The van der Waals surface area contributed by atoms with Crippen molar-refractivity contribution in [1.82, 2.24) is 0 Å². The number of hydrogen-bond acceptors (Lipinski definition) is 4. The first-order valence-corrected chi connectivity index (χ1v) is 8.71. The second-order valence-corrected chi connectivity index (χ2v) is 6.37. The molecule has 4 rings (SSSR count). The molecule has 0 radical (unpaired) electrons. The lowest BCUT2D eigenvalue weighted by atomic mass is 10.0. The van der Waals surface area contributed by atoms with Crippen LogP contribution in [0.4, 0.5) is 0 Å². The Balaban J connectivity index is 1.50. The molecule has 0 bridgehead atoms. The molecular weight excluding hydrogens is 324 g/mol. The standard InChI is InChI=1S/C22H20N2O2/c1-15-19(11-17-7-3-5-9-21(17)25-15)13-23-24-14-20-12-18-8-4-6-10-22(18)26-16(20)2/h3-16H,1-2H3. The molecule has 26 heavy (non-hydrogen) atoms. The Kier molecular flexibility index (Phi) is 4.40. The van der Waals surface area contributed by atoms with Gasteiger partial charge in [-0.25, -0.2) is 0 Å². The summed E-state index contributed by atoms with van der Waals surface area (Å²) in [6.07, 6.45) is 7.58. The van der Waals surface area contributed by atoms with Crippen LogP contribution in [0.3, 0.4) is 0 Å². The Hall–Kier alpha value is -3.14. The molecule has 130 valence electrons. The molecule has 0 aliphatic carbocycles. The molecule has 0 saturated heterocycles. The fraction of sp³-hybridized carbons (Fsp3) is 0.182. The summed E-state index contributed by atoms with van der Waals surface area (Å²) in [4.78, 5) is 0. The minimum Gasteiger partial charge on any atom is -0.485 e. The number of hydrogen-bond donors (Lipinski definition) is 0. The molecule has 2 atom stereocenters. The van der Waals surface area contributed by atoms with E-state index in [-0.39, 0.29) is 12.2 Å². The molecule has 4 heteroatoms. The Morgan fingerprint density at radius 2 is 1.12 bits per heavy atom. The van der Waals surface area contributed by atoms with Crippen molar-refractivity contribution >= 4 is 24.6 Å². The van der Waals surface area contributed by atoms with Gasteiger partial charge in [0, 0.05) is 22.3 Å². The van der Waals surface area contributed by atoms with E-state index in [0.717, 1.165) is 33.8 Å². The fourth-order valence-corrected chi connectivity index (χ4v) is 3.01. The first kappa shape index (κ1) is 16.3. The van der Waals surface area contributed by atoms with E-state index < -0.39 is 0 Å². The van der Waals surface area contributed by atoms with Gasteiger partial charge in [-0.1, -0.05) is 36.4 Å². The van der Waals surface area contributed by atoms with Crippen molar-refractivity contribution in [3.8, 4) is 11.5 Å². The summed E-state index contributed by atoms with van der Waals surface area (Å²) >= 11 is 0. The first-order chi connectivity index (χ1) is 12.7. The van der Waals surface area contributed by atoms with Crippen LogP contribution in [0.5, 0.6) is 11.5 Å². The van der Waals surface area contributed by atoms with E-state index in [1.54, 1.807) is 12.4 Å². The van der Waals surface area contributed by atoms with E-state index in [4.69, 9.17) is 9.47 Å². The molecule has 2 unspecified atom stereocenters. The predicted molar refractivity (Wildman–Crippen MR) is 106 cm³/mol. The summed E-state index contributed by atoms with van der Waals surface area (Å²) < 4.78 is 11.8. The van der Waals surface area contributed by atoms with E-state index in [0.29, 0.717) is 0 Å². The van der Waals surface area contributed by atoms with Crippen molar-refractivity contribution in [3.05, 3.63) is 70.8 Å². The zero-order valence-corrected chi connectivity index (χ0v) is 14.8. The maximum absolute atomic E-state index is 5.90. The molecular formula is C22H20N2O2. The lowest BCUT2D eigenvalue weighted by Crippen LogP contribution is -2.20. The highest BCUT2D eigenvalue weighted by atomic mass is 16.5. The summed E-state index contributed by atoms with van der Waals surface area (Å²) in [6.45, 7) is 4.02. The average molecular weight is 344 g/mol. The van der Waals surface area contributed by atoms with Crippen LogP contribution in [0.2, 0.25) is 0 Å². The average Bonchev–Trinajstić information content (AvgIpc) is 2.65. The first-order valence-electron chi connectivity index (χ1n) is 8.71. The number of ether oxygens (including phenoxy) is 2. The van der Waals surface area contributed by atoms with Gasteiger partial charge in [0.15, 0.2) is 0 Å². The van der Waals surface area contributed by atoms with Crippen LogP contribution in [-0.4, -0.2) is 24.6 Å². The van der Waals surface area contributed by atoms with Crippen LogP contribution in [0.25, 0.3) is 12.2 Å². The molecule has 0 fully saturated rings. The van der Waals surface area contributed by atoms with Gasteiger partial charge in [-0.2, -0.15) is 10.2 Å². The van der Waals surface area contributed by atoms with Gasteiger partial charge in [-0.05, 0) is 38.1 Å². The van der Waals surface area contributed by atoms with Crippen molar-refractivity contribution in [3.63, 3.8) is 0 Å². The zero-order chi connectivity index (χ0) is 17.9. The second kappa shape index (κ2) is 7.00. The van der Waals surface area contributed by atoms with Crippen LogP contribution >= 0.6 is 0 Å². The van der Waals surface area contributed by atoms with Gasteiger partial charge in [0.05, 0.1) is 12.4 Å². The highest BCUT2D eigenvalue weighted by Crippen LogP contribution is 2.29. The third kappa shape index (κ3) is 3.31. The summed E-state index contributed by atoms with van der Waals surface area (Å²) in [7, 11) is 0.